The zero-order chi connectivity index (χ0) is 24.2. The maximum Gasteiger partial charge on any atom is 0.416 e. The third-order valence-electron chi connectivity index (χ3n) is 4.97. The zero-order valence-electron chi connectivity index (χ0n) is 18.0. The molecule has 0 radical (unpaired) electrons. The molecule has 0 saturated heterocycles. The fourth-order valence-corrected chi connectivity index (χ4v) is 3.20. The first-order valence-corrected chi connectivity index (χ1v) is 10.2. The number of amides is 2. The van der Waals surface area contributed by atoms with Crippen LogP contribution in [0.1, 0.15) is 40.3 Å². The van der Waals surface area contributed by atoms with E-state index in [1.54, 1.807) is 50.2 Å². The molecule has 0 saturated carbocycles. The number of carbonyl (C=O) groups excluding carboxylic acids is 2. The van der Waals surface area contributed by atoms with E-state index < -0.39 is 23.6 Å². The molecule has 6 nitrogen and oxygen atoms in total. The molecule has 2 amide bonds. The van der Waals surface area contributed by atoms with Gasteiger partial charge in [0.25, 0.3) is 11.8 Å². The molecule has 0 atom stereocenters. The highest BCUT2D eigenvalue weighted by Gasteiger charge is 2.32. The number of halogens is 3. The summed E-state index contributed by atoms with van der Waals surface area (Å²) in [7, 11) is 0. The van der Waals surface area contributed by atoms with Gasteiger partial charge in [0.05, 0.1) is 16.8 Å². The molecule has 0 unspecified atom stereocenters. The van der Waals surface area contributed by atoms with Crippen LogP contribution in [0.3, 0.4) is 0 Å². The quantitative estimate of drug-likeness (QED) is 0.532. The number of aromatic nitrogens is 1. The lowest BCUT2D eigenvalue weighted by molar-refractivity contribution is -0.137. The summed E-state index contributed by atoms with van der Waals surface area (Å²) in [5.41, 5.74) is 5.48. The lowest BCUT2D eigenvalue weighted by Gasteiger charge is -2.21. The highest BCUT2D eigenvalue weighted by atomic mass is 19.4. The van der Waals surface area contributed by atoms with Crippen molar-refractivity contribution in [3.8, 4) is 22.8 Å². The second kappa shape index (κ2) is 9.72. The number of carbonyl (C=O) groups is 2. The van der Waals surface area contributed by atoms with Gasteiger partial charge in [0.1, 0.15) is 17.2 Å². The summed E-state index contributed by atoms with van der Waals surface area (Å²) in [6.45, 7) is 4.18. The van der Waals surface area contributed by atoms with Crippen LogP contribution in [0.2, 0.25) is 0 Å². The number of alkyl halides is 3. The van der Waals surface area contributed by atoms with Crippen molar-refractivity contribution in [3.63, 3.8) is 0 Å². The van der Waals surface area contributed by atoms with Crippen molar-refractivity contribution in [1.29, 1.82) is 0 Å². The van der Waals surface area contributed by atoms with Crippen molar-refractivity contribution < 1.29 is 27.5 Å². The van der Waals surface area contributed by atoms with Crippen LogP contribution in [0.5, 0.6) is 11.5 Å². The maximum absolute atomic E-state index is 13.2. The van der Waals surface area contributed by atoms with E-state index in [1.807, 2.05) is 0 Å². The van der Waals surface area contributed by atoms with Gasteiger partial charge in [-0.05, 0) is 68.4 Å². The van der Waals surface area contributed by atoms with Crippen LogP contribution in [-0.4, -0.2) is 34.8 Å². The largest absolute Gasteiger partial charge is 0.457 e. The van der Waals surface area contributed by atoms with E-state index in [4.69, 9.17) is 10.5 Å². The zero-order valence-corrected chi connectivity index (χ0v) is 18.0. The van der Waals surface area contributed by atoms with Crippen molar-refractivity contribution in [2.45, 2.75) is 20.0 Å². The summed E-state index contributed by atoms with van der Waals surface area (Å²) >= 11 is 0. The monoisotopic (exact) mass is 457 g/mol. The summed E-state index contributed by atoms with van der Waals surface area (Å²) in [4.78, 5) is 29.8. The van der Waals surface area contributed by atoms with Crippen molar-refractivity contribution in [3.05, 3.63) is 77.5 Å². The molecule has 33 heavy (non-hydrogen) atoms. The highest BCUT2D eigenvalue weighted by molar-refractivity contribution is 5.97. The molecule has 3 aromatic rings. The third kappa shape index (κ3) is 5.49. The minimum absolute atomic E-state index is 0.0153. The average Bonchev–Trinajstić information content (AvgIpc) is 2.80. The van der Waals surface area contributed by atoms with Crippen LogP contribution in [0, 0.1) is 0 Å². The molecular formula is C24H22F3N3O3. The van der Waals surface area contributed by atoms with E-state index in [1.165, 1.54) is 11.0 Å². The summed E-state index contributed by atoms with van der Waals surface area (Å²) < 4.78 is 45.5. The lowest BCUT2D eigenvalue weighted by Crippen LogP contribution is -2.31. The summed E-state index contributed by atoms with van der Waals surface area (Å²) in [5, 5.41) is 0. The summed E-state index contributed by atoms with van der Waals surface area (Å²) in [5.74, 6) is -0.866. The second-order valence-corrected chi connectivity index (χ2v) is 7.08. The van der Waals surface area contributed by atoms with Gasteiger partial charge in [0, 0.05) is 18.7 Å². The number of rotatable bonds is 7. The van der Waals surface area contributed by atoms with Gasteiger partial charge in [-0.1, -0.05) is 6.07 Å². The van der Waals surface area contributed by atoms with Crippen LogP contribution in [-0.2, 0) is 6.18 Å². The SMILES string of the molecule is CCN(CC)C(=O)c1cc(C(F)(F)F)ccc1Oc1ccc(-c2cccc(C(N)=O)n2)cc1. The number of primary amides is 1. The molecule has 1 aromatic heterocycles. The Morgan fingerprint density at radius 3 is 2.24 bits per heavy atom. The summed E-state index contributed by atoms with van der Waals surface area (Å²) in [6, 6.07) is 14.2. The van der Waals surface area contributed by atoms with Crippen LogP contribution in [0.15, 0.2) is 60.7 Å². The predicted octanol–water partition coefficient (Wildman–Crippen LogP) is 5.14. The molecule has 0 aliphatic heterocycles. The van der Waals surface area contributed by atoms with E-state index in [-0.39, 0.29) is 17.0 Å². The van der Waals surface area contributed by atoms with Crippen LogP contribution >= 0.6 is 0 Å². The molecule has 2 N–H and O–H groups in total. The van der Waals surface area contributed by atoms with Gasteiger partial charge < -0.3 is 15.4 Å². The molecule has 3 rings (SSSR count). The minimum atomic E-state index is -4.59. The molecule has 0 bridgehead atoms. The molecule has 172 valence electrons. The van der Waals surface area contributed by atoms with Crippen molar-refractivity contribution in [2.75, 3.05) is 13.1 Å². The van der Waals surface area contributed by atoms with Crippen molar-refractivity contribution >= 4 is 11.8 Å². The van der Waals surface area contributed by atoms with Gasteiger partial charge in [-0.3, -0.25) is 9.59 Å². The Hall–Kier alpha value is -3.88. The van der Waals surface area contributed by atoms with Gasteiger partial charge in [-0.15, -0.1) is 0 Å². The third-order valence-corrected chi connectivity index (χ3v) is 4.97. The van der Waals surface area contributed by atoms with E-state index in [0.717, 1.165) is 18.2 Å². The molecule has 1 heterocycles. The van der Waals surface area contributed by atoms with E-state index in [0.29, 0.717) is 30.1 Å². The first-order valence-electron chi connectivity index (χ1n) is 10.2. The molecule has 0 fully saturated rings. The van der Waals surface area contributed by atoms with E-state index in [2.05, 4.69) is 4.98 Å². The standard InChI is InChI=1S/C24H22F3N3O3/c1-3-30(4-2)23(32)18-14-16(24(25,26)27)10-13-21(18)33-17-11-8-15(9-12-17)19-6-5-7-20(29-19)22(28)31/h5-14H,3-4H2,1-2H3,(H2,28,31). The number of ether oxygens (including phenoxy) is 1. The molecule has 9 heteroatoms. The Morgan fingerprint density at radius 2 is 1.67 bits per heavy atom. The van der Waals surface area contributed by atoms with Crippen LogP contribution in [0.4, 0.5) is 13.2 Å². The van der Waals surface area contributed by atoms with E-state index in [9.17, 15) is 22.8 Å². The Labute approximate surface area is 188 Å². The number of benzene rings is 2. The van der Waals surface area contributed by atoms with Gasteiger partial charge in [-0.25, -0.2) is 4.98 Å². The van der Waals surface area contributed by atoms with Gasteiger partial charge in [0.15, 0.2) is 0 Å². The second-order valence-electron chi connectivity index (χ2n) is 7.08. The van der Waals surface area contributed by atoms with Crippen LogP contribution < -0.4 is 10.5 Å². The maximum atomic E-state index is 13.2. The first kappa shape index (κ1) is 23.8. The van der Waals surface area contributed by atoms with Gasteiger partial charge >= 0.3 is 6.18 Å². The number of pyridine rings is 1. The Bertz CT molecular complexity index is 1160. The summed E-state index contributed by atoms with van der Waals surface area (Å²) in [6.07, 6.45) is -4.59. The highest BCUT2D eigenvalue weighted by Crippen LogP contribution is 2.35. The van der Waals surface area contributed by atoms with Crippen molar-refractivity contribution in [1.82, 2.24) is 9.88 Å². The smallest absolute Gasteiger partial charge is 0.416 e. The number of nitrogens with zero attached hydrogens (tertiary/aromatic N) is 2. The topological polar surface area (TPSA) is 85.5 Å². The minimum Gasteiger partial charge on any atom is -0.457 e. The molecular weight excluding hydrogens is 435 g/mol. The van der Waals surface area contributed by atoms with E-state index >= 15 is 0 Å². The number of nitrogens with two attached hydrogens (primary N) is 1. The fraction of sp³-hybridized carbons (Fsp3) is 0.208. The molecule has 2 aromatic carbocycles. The molecule has 0 spiro atoms. The predicted molar refractivity (Wildman–Crippen MR) is 117 cm³/mol. The Kier molecular flexibility index (Phi) is 7.01. The van der Waals surface area contributed by atoms with Gasteiger partial charge in [-0.2, -0.15) is 13.2 Å². The van der Waals surface area contributed by atoms with Crippen molar-refractivity contribution in [2.24, 2.45) is 5.73 Å². The lowest BCUT2D eigenvalue weighted by atomic mass is 10.1. The average molecular weight is 457 g/mol. The molecule has 0 aliphatic rings. The first-order chi connectivity index (χ1) is 15.6. The number of hydrogen-bond acceptors (Lipinski definition) is 4. The van der Waals surface area contributed by atoms with Gasteiger partial charge in [0.2, 0.25) is 0 Å². The van der Waals surface area contributed by atoms with Crippen LogP contribution in [0.25, 0.3) is 11.3 Å². The molecule has 0 aliphatic carbocycles. The fourth-order valence-electron chi connectivity index (χ4n) is 3.20. The Balaban J connectivity index is 1.93. The normalized spacial score (nSPS) is 11.2. The Morgan fingerprint density at radius 1 is 1.00 bits per heavy atom. The number of hydrogen-bond donors (Lipinski definition) is 1.